The third kappa shape index (κ3) is 3.06. The lowest BCUT2D eigenvalue weighted by atomic mass is 9.95. The maximum absolute atomic E-state index is 11.9. The summed E-state index contributed by atoms with van der Waals surface area (Å²) in [5.74, 6) is -0.0892. The van der Waals surface area contributed by atoms with Crippen LogP contribution in [0, 0.1) is 0 Å². The molecule has 3 N–H and O–H groups in total. The summed E-state index contributed by atoms with van der Waals surface area (Å²) in [5, 5.41) is 4.96. The molecule has 0 aromatic carbocycles. The van der Waals surface area contributed by atoms with Gasteiger partial charge in [-0.05, 0) is 31.2 Å². The van der Waals surface area contributed by atoms with Crippen molar-refractivity contribution >= 4 is 17.2 Å². The normalized spacial score (nSPS) is 13.5. The van der Waals surface area contributed by atoms with Gasteiger partial charge in [0.2, 0.25) is 5.91 Å². The van der Waals surface area contributed by atoms with Gasteiger partial charge in [0.25, 0.3) is 0 Å². The van der Waals surface area contributed by atoms with Gasteiger partial charge < -0.3 is 11.1 Å². The summed E-state index contributed by atoms with van der Waals surface area (Å²) in [5.41, 5.74) is 5.75. The van der Waals surface area contributed by atoms with Crippen LogP contribution in [0.4, 0.5) is 0 Å². The van der Waals surface area contributed by atoms with Crippen molar-refractivity contribution in [3.8, 4) is 0 Å². The monoisotopic (exact) mass is 240 g/mol. The quantitative estimate of drug-likeness (QED) is 0.830. The molecule has 3 nitrogen and oxygen atoms in total. The highest BCUT2D eigenvalue weighted by Gasteiger charge is 2.25. The highest BCUT2D eigenvalue weighted by atomic mass is 32.1. The standard InChI is InChI=1S/C12H20N2OS/c1-4-12(3,5-2)14-11(15)10(13)9-7-6-8-16-9/h6-8,10H,4-5,13H2,1-3H3,(H,14,15). The number of rotatable bonds is 5. The molecule has 0 saturated carbocycles. The molecule has 0 aliphatic heterocycles. The molecule has 4 heteroatoms. The molecule has 1 rings (SSSR count). The third-order valence-electron chi connectivity index (χ3n) is 3.12. The minimum atomic E-state index is -0.544. The Morgan fingerprint density at radius 1 is 1.56 bits per heavy atom. The van der Waals surface area contributed by atoms with Crippen LogP contribution >= 0.6 is 11.3 Å². The molecule has 0 aliphatic rings. The van der Waals surface area contributed by atoms with E-state index in [0.29, 0.717) is 0 Å². The van der Waals surface area contributed by atoms with Gasteiger partial charge in [0, 0.05) is 10.4 Å². The van der Waals surface area contributed by atoms with E-state index in [1.54, 1.807) is 0 Å². The topological polar surface area (TPSA) is 55.1 Å². The number of hydrogen-bond donors (Lipinski definition) is 2. The van der Waals surface area contributed by atoms with E-state index >= 15 is 0 Å². The predicted octanol–water partition coefficient (Wildman–Crippen LogP) is 2.44. The van der Waals surface area contributed by atoms with Gasteiger partial charge in [0.1, 0.15) is 6.04 Å². The van der Waals surface area contributed by atoms with Gasteiger partial charge in [-0.2, -0.15) is 0 Å². The summed E-state index contributed by atoms with van der Waals surface area (Å²) in [4.78, 5) is 12.9. The largest absolute Gasteiger partial charge is 0.349 e. The van der Waals surface area contributed by atoms with Crippen LogP contribution in [0.3, 0.4) is 0 Å². The number of carbonyl (C=O) groups is 1. The van der Waals surface area contributed by atoms with E-state index < -0.39 is 6.04 Å². The lowest BCUT2D eigenvalue weighted by Crippen LogP contribution is -2.48. The van der Waals surface area contributed by atoms with Gasteiger partial charge in [-0.3, -0.25) is 4.79 Å². The Bertz CT molecular complexity index is 331. The van der Waals surface area contributed by atoms with Gasteiger partial charge in [-0.1, -0.05) is 19.9 Å². The van der Waals surface area contributed by atoms with Crippen LogP contribution in [0.2, 0.25) is 0 Å². The van der Waals surface area contributed by atoms with Crippen LogP contribution in [-0.4, -0.2) is 11.4 Å². The first kappa shape index (κ1) is 13.2. The van der Waals surface area contributed by atoms with Crippen LogP contribution in [0.1, 0.15) is 44.5 Å². The molecule has 1 amide bonds. The fraction of sp³-hybridized carbons (Fsp3) is 0.583. The summed E-state index contributed by atoms with van der Waals surface area (Å²) in [6.45, 7) is 6.19. The number of carbonyl (C=O) groups excluding carboxylic acids is 1. The van der Waals surface area contributed by atoms with Crippen LogP contribution in [-0.2, 0) is 4.79 Å². The van der Waals surface area contributed by atoms with Gasteiger partial charge in [-0.15, -0.1) is 11.3 Å². The Morgan fingerprint density at radius 2 is 2.19 bits per heavy atom. The van der Waals surface area contributed by atoms with Crippen molar-refractivity contribution in [2.24, 2.45) is 5.73 Å². The fourth-order valence-electron chi connectivity index (χ4n) is 1.40. The van der Waals surface area contributed by atoms with Crippen LogP contribution < -0.4 is 11.1 Å². The Labute approximate surface area is 101 Å². The van der Waals surface area contributed by atoms with Gasteiger partial charge in [-0.25, -0.2) is 0 Å². The third-order valence-corrected chi connectivity index (χ3v) is 4.07. The molecule has 0 aliphatic carbocycles. The van der Waals surface area contributed by atoms with E-state index in [0.717, 1.165) is 17.7 Å². The summed E-state index contributed by atoms with van der Waals surface area (Å²) in [6, 6.07) is 3.26. The molecular weight excluding hydrogens is 220 g/mol. The first-order valence-electron chi connectivity index (χ1n) is 5.63. The van der Waals surface area contributed by atoms with Crippen molar-refractivity contribution in [1.29, 1.82) is 0 Å². The highest BCUT2D eigenvalue weighted by molar-refractivity contribution is 7.10. The maximum atomic E-state index is 11.9. The van der Waals surface area contributed by atoms with Crippen molar-refractivity contribution < 1.29 is 4.79 Å². The van der Waals surface area contributed by atoms with E-state index in [4.69, 9.17) is 5.73 Å². The maximum Gasteiger partial charge on any atom is 0.242 e. The van der Waals surface area contributed by atoms with Crippen molar-refractivity contribution in [1.82, 2.24) is 5.32 Å². The van der Waals surface area contributed by atoms with E-state index in [1.165, 1.54) is 11.3 Å². The molecular formula is C12H20N2OS. The zero-order valence-electron chi connectivity index (χ0n) is 10.1. The predicted molar refractivity (Wildman–Crippen MR) is 68.4 cm³/mol. The lowest BCUT2D eigenvalue weighted by Gasteiger charge is -2.29. The van der Waals surface area contributed by atoms with Gasteiger partial charge >= 0.3 is 0 Å². The number of nitrogens with one attached hydrogen (secondary N) is 1. The summed E-state index contributed by atoms with van der Waals surface area (Å²) in [7, 11) is 0. The number of nitrogens with two attached hydrogens (primary N) is 1. The molecule has 1 aromatic rings. The lowest BCUT2D eigenvalue weighted by molar-refractivity contribution is -0.124. The first-order chi connectivity index (χ1) is 7.52. The minimum absolute atomic E-state index is 0.0892. The average Bonchev–Trinajstić information content (AvgIpc) is 2.81. The van der Waals surface area contributed by atoms with E-state index in [-0.39, 0.29) is 11.4 Å². The summed E-state index contributed by atoms with van der Waals surface area (Å²) >= 11 is 1.51. The molecule has 0 saturated heterocycles. The Morgan fingerprint density at radius 3 is 2.62 bits per heavy atom. The Kier molecular flexibility index (Phi) is 4.50. The summed E-state index contributed by atoms with van der Waals surface area (Å²) in [6.07, 6.45) is 1.82. The van der Waals surface area contributed by atoms with Crippen molar-refractivity contribution in [2.45, 2.75) is 45.2 Å². The van der Waals surface area contributed by atoms with Gasteiger partial charge in [0.05, 0.1) is 0 Å². The molecule has 0 fully saturated rings. The molecule has 1 aromatic heterocycles. The number of hydrogen-bond acceptors (Lipinski definition) is 3. The molecule has 0 bridgehead atoms. The summed E-state index contributed by atoms with van der Waals surface area (Å²) < 4.78 is 0. The molecule has 90 valence electrons. The second kappa shape index (κ2) is 5.46. The van der Waals surface area contributed by atoms with E-state index in [2.05, 4.69) is 19.2 Å². The smallest absolute Gasteiger partial charge is 0.242 e. The zero-order chi connectivity index (χ0) is 12.2. The van der Waals surface area contributed by atoms with Crippen molar-refractivity contribution in [3.63, 3.8) is 0 Å². The van der Waals surface area contributed by atoms with Crippen molar-refractivity contribution in [2.75, 3.05) is 0 Å². The SMILES string of the molecule is CCC(C)(CC)NC(=O)C(N)c1cccs1. The van der Waals surface area contributed by atoms with Gasteiger partial charge in [0.15, 0.2) is 0 Å². The molecule has 16 heavy (non-hydrogen) atoms. The average molecular weight is 240 g/mol. The second-order valence-electron chi connectivity index (χ2n) is 4.25. The molecule has 1 heterocycles. The minimum Gasteiger partial charge on any atom is -0.349 e. The Hall–Kier alpha value is -0.870. The Balaban J connectivity index is 2.65. The van der Waals surface area contributed by atoms with Crippen molar-refractivity contribution in [3.05, 3.63) is 22.4 Å². The van der Waals surface area contributed by atoms with Crippen LogP contribution in [0.5, 0.6) is 0 Å². The number of amides is 1. The zero-order valence-corrected chi connectivity index (χ0v) is 10.9. The second-order valence-corrected chi connectivity index (χ2v) is 5.23. The number of thiophene rings is 1. The molecule has 0 spiro atoms. The highest BCUT2D eigenvalue weighted by Crippen LogP contribution is 2.19. The molecule has 1 atom stereocenters. The van der Waals surface area contributed by atoms with E-state index in [9.17, 15) is 4.79 Å². The fourth-order valence-corrected chi connectivity index (χ4v) is 2.12. The molecule has 0 radical (unpaired) electrons. The van der Waals surface area contributed by atoms with Crippen LogP contribution in [0.25, 0.3) is 0 Å². The van der Waals surface area contributed by atoms with E-state index in [1.807, 2.05) is 24.4 Å². The first-order valence-corrected chi connectivity index (χ1v) is 6.51. The molecule has 1 unspecified atom stereocenters. The van der Waals surface area contributed by atoms with Crippen LogP contribution in [0.15, 0.2) is 17.5 Å².